The summed E-state index contributed by atoms with van der Waals surface area (Å²) >= 11 is 3.71. The van der Waals surface area contributed by atoms with Crippen molar-refractivity contribution in [2.24, 2.45) is 0 Å². The Bertz CT molecular complexity index is 646. The molecule has 1 aliphatic carbocycles. The first-order valence-electron chi connectivity index (χ1n) is 7.46. The van der Waals surface area contributed by atoms with Crippen LogP contribution in [0, 0.1) is 0 Å². The monoisotopic (exact) mass is 320 g/mol. The van der Waals surface area contributed by atoms with Gasteiger partial charge in [0.25, 0.3) is 0 Å². The Balaban J connectivity index is 2.21. The average Bonchev–Trinajstić information content (AvgIpc) is 2.94. The van der Waals surface area contributed by atoms with Crippen LogP contribution >= 0.6 is 22.7 Å². The molecule has 0 aliphatic heterocycles. The van der Waals surface area contributed by atoms with Gasteiger partial charge < -0.3 is 0 Å². The molecule has 0 bridgehead atoms. The van der Waals surface area contributed by atoms with Crippen LogP contribution in [0.4, 0.5) is 0 Å². The van der Waals surface area contributed by atoms with E-state index in [1.165, 1.54) is 31.2 Å². The van der Waals surface area contributed by atoms with Crippen molar-refractivity contribution in [2.45, 2.75) is 71.6 Å². The van der Waals surface area contributed by atoms with Crippen LogP contribution in [0.3, 0.4) is 0 Å². The van der Waals surface area contributed by atoms with Crippen LogP contribution in [-0.2, 0) is 16.2 Å². The standard InChI is InChI=1S/C17H24N2S2/c1-15(2,3)13-18-11-9(20-13)10-12(17(11,7)8)19-14(21-10)16(4,5)6/h1-8H3. The molecule has 2 aromatic heterocycles. The maximum absolute atomic E-state index is 4.98. The molecular formula is C17H24N2S2. The third-order valence-corrected chi connectivity index (χ3v) is 7.05. The van der Waals surface area contributed by atoms with Crippen molar-refractivity contribution in [3.63, 3.8) is 0 Å². The van der Waals surface area contributed by atoms with Crippen molar-refractivity contribution in [3.8, 4) is 9.75 Å². The minimum absolute atomic E-state index is 0.0648. The molecule has 4 heteroatoms. The van der Waals surface area contributed by atoms with Crippen molar-refractivity contribution >= 4 is 22.7 Å². The van der Waals surface area contributed by atoms with Crippen molar-refractivity contribution in [1.82, 2.24) is 9.97 Å². The summed E-state index contributed by atoms with van der Waals surface area (Å²) in [5.74, 6) is 0. The van der Waals surface area contributed by atoms with Crippen LogP contribution in [0.2, 0.25) is 0 Å². The fourth-order valence-electron chi connectivity index (χ4n) is 2.55. The van der Waals surface area contributed by atoms with Crippen molar-refractivity contribution in [2.75, 3.05) is 0 Å². The van der Waals surface area contributed by atoms with Gasteiger partial charge in [-0.25, -0.2) is 9.97 Å². The molecule has 0 amide bonds. The highest BCUT2D eigenvalue weighted by Crippen LogP contribution is 2.54. The van der Waals surface area contributed by atoms with E-state index >= 15 is 0 Å². The summed E-state index contributed by atoms with van der Waals surface area (Å²) in [7, 11) is 0. The van der Waals surface area contributed by atoms with E-state index in [1.807, 2.05) is 22.7 Å². The quantitative estimate of drug-likeness (QED) is 0.640. The van der Waals surface area contributed by atoms with Gasteiger partial charge in [-0.2, -0.15) is 0 Å². The Kier molecular flexibility index (Phi) is 3.01. The summed E-state index contributed by atoms with van der Waals surface area (Å²) in [6.07, 6.45) is 0. The molecule has 0 fully saturated rings. The largest absolute Gasteiger partial charge is 0.244 e. The van der Waals surface area contributed by atoms with E-state index in [9.17, 15) is 0 Å². The number of hydrogen-bond donors (Lipinski definition) is 0. The lowest BCUT2D eigenvalue weighted by atomic mass is 9.89. The lowest BCUT2D eigenvalue weighted by Gasteiger charge is -2.19. The molecule has 21 heavy (non-hydrogen) atoms. The number of thiazole rings is 2. The van der Waals surface area contributed by atoms with Crippen LogP contribution in [0.1, 0.15) is 76.8 Å². The Morgan fingerprint density at radius 2 is 1.05 bits per heavy atom. The van der Waals surface area contributed by atoms with Gasteiger partial charge in [-0.05, 0) is 13.8 Å². The van der Waals surface area contributed by atoms with Gasteiger partial charge in [-0.1, -0.05) is 41.5 Å². The van der Waals surface area contributed by atoms with Gasteiger partial charge in [0.05, 0.1) is 36.6 Å². The maximum atomic E-state index is 4.98. The smallest absolute Gasteiger partial charge is 0.0988 e. The molecule has 2 heterocycles. The summed E-state index contributed by atoms with van der Waals surface area (Å²) in [4.78, 5) is 12.7. The van der Waals surface area contributed by atoms with Gasteiger partial charge >= 0.3 is 0 Å². The highest BCUT2D eigenvalue weighted by molar-refractivity contribution is 7.22. The molecule has 0 aromatic carbocycles. The molecular weight excluding hydrogens is 296 g/mol. The van der Waals surface area contributed by atoms with Gasteiger partial charge in [0.2, 0.25) is 0 Å². The molecule has 0 atom stereocenters. The molecule has 2 nitrogen and oxygen atoms in total. The third kappa shape index (κ3) is 2.18. The highest BCUT2D eigenvalue weighted by Gasteiger charge is 2.44. The molecule has 2 aromatic rings. The molecule has 0 saturated heterocycles. The Labute approximate surface area is 135 Å². The Morgan fingerprint density at radius 3 is 1.33 bits per heavy atom. The SMILES string of the molecule is CC(C)(C)c1nc2c(s1)-c1sc(C(C)(C)C)nc1C2(C)C. The lowest BCUT2D eigenvalue weighted by molar-refractivity contribution is 0.555. The van der Waals surface area contributed by atoms with E-state index in [4.69, 9.17) is 9.97 Å². The van der Waals surface area contributed by atoms with Crippen LogP contribution in [-0.4, -0.2) is 9.97 Å². The topological polar surface area (TPSA) is 25.8 Å². The van der Waals surface area contributed by atoms with Gasteiger partial charge in [0.1, 0.15) is 0 Å². The first-order chi connectivity index (χ1) is 9.42. The predicted molar refractivity (Wildman–Crippen MR) is 92.8 cm³/mol. The molecule has 0 N–H and O–H groups in total. The predicted octanol–water partition coefficient (Wildman–Crippen LogP) is 5.50. The van der Waals surface area contributed by atoms with Crippen molar-refractivity contribution < 1.29 is 0 Å². The number of aromatic nitrogens is 2. The Morgan fingerprint density at radius 1 is 0.714 bits per heavy atom. The summed E-state index contributed by atoms with van der Waals surface area (Å²) < 4.78 is 0. The van der Waals surface area contributed by atoms with E-state index in [2.05, 4.69) is 55.4 Å². The first kappa shape index (κ1) is 15.2. The average molecular weight is 321 g/mol. The minimum Gasteiger partial charge on any atom is -0.244 e. The highest BCUT2D eigenvalue weighted by atomic mass is 32.1. The maximum Gasteiger partial charge on any atom is 0.0988 e. The van der Waals surface area contributed by atoms with Gasteiger partial charge in [-0.3, -0.25) is 0 Å². The molecule has 114 valence electrons. The Hall–Kier alpha value is -0.740. The molecule has 1 aliphatic rings. The zero-order valence-electron chi connectivity index (χ0n) is 14.2. The van der Waals surface area contributed by atoms with E-state index in [1.54, 1.807) is 0 Å². The zero-order valence-corrected chi connectivity index (χ0v) is 15.8. The van der Waals surface area contributed by atoms with Crippen LogP contribution in [0.15, 0.2) is 0 Å². The number of nitrogens with zero attached hydrogens (tertiary/aromatic N) is 2. The molecule has 0 saturated carbocycles. The van der Waals surface area contributed by atoms with Crippen LogP contribution < -0.4 is 0 Å². The van der Waals surface area contributed by atoms with E-state index < -0.39 is 0 Å². The lowest BCUT2D eigenvalue weighted by Crippen LogP contribution is -2.20. The molecule has 3 rings (SSSR count). The summed E-state index contributed by atoms with van der Waals surface area (Å²) in [5.41, 5.74) is 2.62. The summed E-state index contributed by atoms with van der Waals surface area (Å²) in [6, 6.07) is 0. The summed E-state index contributed by atoms with van der Waals surface area (Å²) in [5, 5.41) is 2.47. The van der Waals surface area contributed by atoms with E-state index in [0.717, 1.165) is 0 Å². The van der Waals surface area contributed by atoms with Crippen LogP contribution in [0.25, 0.3) is 9.75 Å². The molecule has 0 spiro atoms. The fourth-order valence-corrected chi connectivity index (χ4v) is 5.25. The normalized spacial score (nSPS) is 17.0. The fraction of sp³-hybridized carbons (Fsp3) is 0.647. The van der Waals surface area contributed by atoms with Gasteiger partial charge in [-0.15, -0.1) is 22.7 Å². The van der Waals surface area contributed by atoms with Crippen molar-refractivity contribution in [3.05, 3.63) is 21.4 Å². The minimum atomic E-state index is -0.0648. The van der Waals surface area contributed by atoms with Crippen LogP contribution in [0.5, 0.6) is 0 Å². The second-order valence-corrected chi connectivity index (χ2v) is 10.5. The van der Waals surface area contributed by atoms with E-state index in [-0.39, 0.29) is 16.2 Å². The molecule has 0 unspecified atom stereocenters. The zero-order chi connectivity index (χ0) is 15.8. The number of rotatable bonds is 0. The van der Waals surface area contributed by atoms with E-state index in [0.29, 0.717) is 0 Å². The third-order valence-electron chi connectivity index (χ3n) is 3.93. The molecule has 0 radical (unpaired) electrons. The van der Waals surface area contributed by atoms with Gasteiger partial charge in [0, 0.05) is 10.8 Å². The van der Waals surface area contributed by atoms with Crippen molar-refractivity contribution in [1.29, 1.82) is 0 Å². The number of hydrogen-bond acceptors (Lipinski definition) is 4. The number of fused-ring (bicyclic) bond motifs is 3. The second kappa shape index (κ2) is 4.17. The summed E-state index contributed by atoms with van der Waals surface area (Å²) in [6.45, 7) is 17.9. The first-order valence-corrected chi connectivity index (χ1v) is 9.09. The van der Waals surface area contributed by atoms with Gasteiger partial charge in [0.15, 0.2) is 0 Å². The second-order valence-electron chi connectivity index (χ2n) is 8.52.